The van der Waals surface area contributed by atoms with E-state index >= 15 is 0 Å². The molecule has 17 heavy (non-hydrogen) atoms. The zero-order valence-electron chi connectivity index (χ0n) is 10.8. The average Bonchev–Trinajstić information content (AvgIpc) is 2.27. The Morgan fingerprint density at radius 3 is 2.29 bits per heavy atom. The first-order chi connectivity index (χ1) is 7.93. The summed E-state index contributed by atoms with van der Waals surface area (Å²) in [5.74, 6) is 0.986. The van der Waals surface area contributed by atoms with Crippen molar-refractivity contribution in [1.29, 1.82) is 0 Å². The van der Waals surface area contributed by atoms with E-state index in [9.17, 15) is 4.39 Å². The van der Waals surface area contributed by atoms with Crippen molar-refractivity contribution in [2.45, 2.75) is 25.9 Å². The molecule has 0 heterocycles. The van der Waals surface area contributed by atoms with Crippen molar-refractivity contribution in [3.63, 3.8) is 0 Å². The summed E-state index contributed by atoms with van der Waals surface area (Å²) in [6.07, 6.45) is 0.684. The molecule has 4 heteroatoms. The van der Waals surface area contributed by atoms with Crippen molar-refractivity contribution in [2.75, 3.05) is 20.8 Å². The summed E-state index contributed by atoms with van der Waals surface area (Å²) in [6, 6.07) is 3.62. The number of ether oxygens (including phenoxy) is 2. The zero-order chi connectivity index (χ0) is 13.1. The highest BCUT2D eigenvalue weighted by Crippen LogP contribution is 2.40. The normalized spacial score (nSPS) is 11.4. The third kappa shape index (κ3) is 3.09. The van der Waals surface area contributed by atoms with Gasteiger partial charge in [0, 0.05) is 5.56 Å². The number of halogens is 1. The Bertz CT molecular complexity index is 386. The van der Waals surface area contributed by atoms with Crippen LogP contribution in [-0.2, 0) is 12.1 Å². The highest BCUT2D eigenvalue weighted by molar-refractivity contribution is 5.51. The first kappa shape index (κ1) is 13.8. The average molecular weight is 241 g/mol. The number of nitrogens with two attached hydrogens (primary N) is 1. The minimum absolute atomic E-state index is 0.445. The molecule has 0 aromatic heterocycles. The minimum Gasteiger partial charge on any atom is -0.493 e. The predicted octanol–water partition coefficient (Wildman–Crippen LogP) is 2.41. The van der Waals surface area contributed by atoms with E-state index in [2.05, 4.69) is 0 Å². The summed E-state index contributed by atoms with van der Waals surface area (Å²) in [7, 11) is 3.05. The van der Waals surface area contributed by atoms with Gasteiger partial charge in [-0.3, -0.25) is 0 Å². The molecule has 1 rings (SSSR count). The summed E-state index contributed by atoms with van der Waals surface area (Å²) < 4.78 is 24.6. The van der Waals surface area contributed by atoms with E-state index in [0.717, 1.165) is 5.56 Å². The Hall–Kier alpha value is -1.29. The molecule has 0 fully saturated rings. The maximum atomic E-state index is 14.1. The Morgan fingerprint density at radius 1 is 1.24 bits per heavy atom. The third-order valence-electron chi connectivity index (χ3n) is 2.61. The smallest absolute Gasteiger partial charge is 0.167 e. The van der Waals surface area contributed by atoms with Crippen LogP contribution in [0.3, 0.4) is 0 Å². The van der Waals surface area contributed by atoms with E-state index in [0.29, 0.717) is 30.0 Å². The zero-order valence-corrected chi connectivity index (χ0v) is 10.8. The summed E-state index contributed by atoms with van der Waals surface area (Å²) in [6.45, 7) is 3.51. The molecule has 0 saturated carbocycles. The number of methoxy groups -OCH3 is 2. The fraction of sp³-hybridized carbons (Fsp3) is 0.538. The van der Waals surface area contributed by atoms with Gasteiger partial charge in [-0.05, 0) is 44.5 Å². The van der Waals surface area contributed by atoms with Crippen molar-refractivity contribution >= 4 is 0 Å². The number of hydrogen-bond donors (Lipinski definition) is 1. The molecule has 0 aliphatic heterocycles. The highest BCUT2D eigenvalue weighted by Gasteiger charge is 2.26. The monoisotopic (exact) mass is 241 g/mol. The van der Waals surface area contributed by atoms with E-state index < -0.39 is 5.67 Å². The first-order valence-corrected chi connectivity index (χ1v) is 5.58. The maximum absolute atomic E-state index is 14.1. The molecule has 3 nitrogen and oxygen atoms in total. The Labute approximate surface area is 102 Å². The van der Waals surface area contributed by atoms with Gasteiger partial charge in [-0.2, -0.15) is 0 Å². The highest BCUT2D eigenvalue weighted by atomic mass is 19.1. The van der Waals surface area contributed by atoms with Gasteiger partial charge in [0.2, 0.25) is 0 Å². The number of hydrogen-bond acceptors (Lipinski definition) is 3. The minimum atomic E-state index is -1.48. The van der Waals surface area contributed by atoms with Crippen molar-refractivity contribution < 1.29 is 13.9 Å². The molecule has 1 aromatic carbocycles. The Balaban J connectivity index is 3.37. The maximum Gasteiger partial charge on any atom is 0.167 e. The quantitative estimate of drug-likeness (QED) is 0.861. The van der Waals surface area contributed by atoms with Crippen LogP contribution in [0.15, 0.2) is 12.1 Å². The van der Waals surface area contributed by atoms with Gasteiger partial charge in [-0.15, -0.1) is 0 Å². The predicted molar refractivity (Wildman–Crippen MR) is 66.4 cm³/mol. The summed E-state index contributed by atoms with van der Waals surface area (Å²) in [4.78, 5) is 0. The lowest BCUT2D eigenvalue weighted by Crippen LogP contribution is -2.13. The van der Waals surface area contributed by atoms with Gasteiger partial charge >= 0.3 is 0 Å². The lowest BCUT2D eigenvalue weighted by molar-refractivity contribution is 0.211. The van der Waals surface area contributed by atoms with Crippen LogP contribution in [0.2, 0.25) is 0 Å². The van der Waals surface area contributed by atoms with Crippen molar-refractivity contribution in [1.82, 2.24) is 0 Å². The second-order valence-electron chi connectivity index (χ2n) is 4.39. The van der Waals surface area contributed by atoms with E-state index in [4.69, 9.17) is 15.2 Å². The summed E-state index contributed by atoms with van der Waals surface area (Å²) in [5, 5.41) is 0. The van der Waals surface area contributed by atoms with E-state index in [1.165, 1.54) is 21.0 Å². The van der Waals surface area contributed by atoms with Gasteiger partial charge in [0.15, 0.2) is 11.5 Å². The lowest BCUT2D eigenvalue weighted by Gasteiger charge is -2.21. The molecular weight excluding hydrogens is 221 g/mol. The van der Waals surface area contributed by atoms with Crippen LogP contribution in [0.25, 0.3) is 0 Å². The van der Waals surface area contributed by atoms with Crippen LogP contribution in [0.5, 0.6) is 11.5 Å². The molecule has 0 unspecified atom stereocenters. The lowest BCUT2D eigenvalue weighted by atomic mass is 9.95. The molecule has 0 spiro atoms. The van der Waals surface area contributed by atoms with E-state index in [-0.39, 0.29) is 0 Å². The second kappa shape index (κ2) is 5.36. The molecule has 2 N–H and O–H groups in total. The molecule has 0 aliphatic carbocycles. The van der Waals surface area contributed by atoms with Crippen LogP contribution in [-0.4, -0.2) is 20.8 Å². The summed E-state index contributed by atoms with van der Waals surface area (Å²) in [5.41, 5.74) is 5.47. The topological polar surface area (TPSA) is 44.5 Å². The number of rotatable bonds is 5. The van der Waals surface area contributed by atoms with E-state index in [1.807, 2.05) is 6.07 Å². The van der Waals surface area contributed by atoms with Crippen molar-refractivity contribution in [3.8, 4) is 11.5 Å². The molecule has 0 amide bonds. The van der Waals surface area contributed by atoms with Gasteiger partial charge in [0.25, 0.3) is 0 Å². The fourth-order valence-electron chi connectivity index (χ4n) is 1.77. The van der Waals surface area contributed by atoms with Gasteiger partial charge in [-0.1, -0.05) is 0 Å². The van der Waals surface area contributed by atoms with Gasteiger partial charge in [-0.25, -0.2) is 4.39 Å². The number of alkyl halides is 1. The van der Waals surface area contributed by atoms with Crippen LogP contribution in [0.4, 0.5) is 4.39 Å². The second-order valence-corrected chi connectivity index (χ2v) is 4.39. The molecule has 0 bridgehead atoms. The third-order valence-corrected chi connectivity index (χ3v) is 2.61. The van der Waals surface area contributed by atoms with Crippen molar-refractivity contribution in [2.24, 2.45) is 5.73 Å². The van der Waals surface area contributed by atoms with Crippen LogP contribution in [0, 0.1) is 0 Å². The molecule has 1 aromatic rings. The molecule has 96 valence electrons. The first-order valence-electron chi connectivity index (χ1n) is 5.58. The van der Waals surface area contributed by atoms with Gasteiger partial charge in [0.05, 0.1) is 14.2 Å². The molecule has 0 atom stereocenters. The van der Waals surface area contributed by atoms with E-state index in [1.54, 1.807) is 13.2 Å². The molecule has 0 radical (unpaired) electrons. The van der Waals surface area contributed by atoms with Gasteiger partial charge < -0.3 is 15.2 Å². The Kier molecular flexibility index (Phi) is 4.34. The van der Waals surface area contributed by atoms with Crippen molar-refractivity contribution in [3.05, 3.63) is 23.3 Å². The van der Waals surface area contributed by atoms with Crippen LogP contribution >= 0.6 is 0 Å². The van der Waals surface area contributed by atoms with Gasteiger partial charge in [0.1, 0.15) is 5.67 Å². The standard InChI is InChI=1S/C13H20FNO2/c1-13(2,14)10-7-9(5-6-15)8-11(16-3)12(10)17-4/h7-8H,5-6,15H2,1-4H3. The molecule has 0 saturated heterocycles. The molecule has 0 aliphatic rings. The fourth-order valence-corrected chi connectivity index (χ4v) is 1.77. The van der Waals surface area contributed by atoms with Crippen LogP contribution in [0.1, 0.15) is 25.0 Å². The van der Waals surface area contributed by atoms with Crippen LogP contribution < -0.4 is 15.2 Å². The summed E-state index contributed by atoms with van der Waals surface area (Å²) >= 11 is 0. The SMILES string of the molecule is COc1cc(CCN)cc(C(C)(C)F)c1OC. The largest absolute Gasteiger partial charge is 0.493 e. The number of benzene rings is 1. The Morgan fingerprint density at radius 2 is 1.88 bits per heavy atom. The molecular formula is C13H20FNO2.